The summed E-state index contributed by atoms with van der Waals surface area (Å²) < 4.78 is 6.89. The second-order valence-corrected chi connectivity index (χ2v) is 7.67. The molecule has 1 amide bonds. The Kier molecular flexibility index (Phi) is 6.48. The highest BCUT2D eigenvalue weighted by Gasteiger charge is 2.24. The van der Waals surface area contributed by atoms with Gasteiger partial charge in [-0.1, -0.05) is 42.5 Å². The number of hydrogen-bond acceptors (Lipinski definition) is 4. The van der Waals surface area contributed by atoms with Crippen molar-refractivity contribution < 1.29 is 9.53 Å². The summed E-state index contributed by atoms with van der Waals surface area (Å²) in [5.74, 6) is 0.835. The van der Waals surface area contributed by atoms with Crippen molar-refractivity contribution in [1.29, 1.82) is 0 Å². The summed E-state index contributed by atoms with van der Waals surface area (Å²) in [4.78, 5) is 17.4. The van der Waals surface area contributed by atoms with Gasteiger partial charge in [-0.05, 0) is 35.9 Å². The second-order valence-electron chi connectivity index (χ2n) is 7.67. The third-order valence-corrected chi connectivity index (χ3v) is 5.62. The lowest BCUT2D eigenvalue weighted by Gasteiger charge is -2.34. The molecule has 0 aliphatic carbocycles. The fraction of sp³-hybridized carbons (Fsp3) is 0.280. The van der Waals surface area contributed by atoms with Crippen molar-refractivity contribution in [2.45, 2.75) is 0 Å². The maximum atomic E-state index is 13.1. The van der Waals surface area contributed by atoms with E-state index in [4.69, 9.17) is 4.74 Å². The number of aryl methyl sites for hydroxylation is 1. The molecule has 1 aromatic heterocycles. The molecule has 0 unspecified atom stereocenters. The molecule has 0 radical (unpaired) electrons. The number of carbonyl (C=O) groups excluding carboxylic acids is 1. The SMILES string of the molecule is COc1ccc(-c2cc(C(=O)N3CCN(C/C=C/c4ccccc4)CC3)n(C)n2)cc1. The summed E-state index contributed by atoms with van der Waals surface area (Å²) >= 11 is 0. The van der Waals surface area contributed by atoms with E-state index in [2.05, 4.69) is 34.3 Å². The Morgan fingerprint density at radius 3 is 2.42 bits per heavy atom. The molecular formula is C25H28N4O2. The lowest BCUT2D eigenvalue weighted by molar-refractivity contribution is 0.0639. The van der Waals surface area contributed by atoms with Gasteiger partial charge >= 0.3 is 0 Å². The number of hydrogen-bond donors (Lipinski definition) is 0. The Morgan fingerprint density at radius 1 is 1.03 bits per heavy atom. The van der Waals surface area contributed by atoms with Gasteiger partial charge in [0, 0.05) is 45.3 Å². The summed E-state index contributed by atoms with van der Waals surface area (Å²) in [6.45, 7) is 4.08. The van der Waals surface area contributed by atoms with Crippen molar-refractivity contribution in [3.63, 3.8) is 0 Å². The topological polar surface area (TPSA) is 50.6 Å². The van der Waals surface area contributed by atoms with Crippen LogP contribution in [0, 0.1) is 0 Å². The molecule has 3 aromatic rings. The van der Waals surface area contributed by atoms with Gasteiger partial charge in [-0.25, -0.2) is 0 Å². The molecule has 1 saturated heterocycles. The minimum Gasteiger partial charge on any atom is -0.497 e. The highest BCUT2D eigenvalue weighted by Crippen LogP contribution is 2.22. The van der Waals surface area contributed by atoms with E-state index in [-0.39, 0.29) is 5.91 Å². The molecular weight excluding hydrogens is 388 g/mol. The van der Waals surface area contributed by atoms with Crippen LogP contribution in [0.1, 0.15) is 16.1 Å². The van der Waals surface area contributed by atoms with Gasteiger partial charge in [0.15, 0.2) is 0 Å². The van der Waals surface area contributed by atoms with Gasteiger partial charge in [0.05, 0.1) is 12.8 Å². The van der Waals surface area contributed by atoms with Gasteiger partial charge in [-0.15, -0.1) is 0 Å². The fourth-order valence-electron chi connectivity index (χ4n) is 3.77. The Balaban J connectivity index is 1.34. The van der Waals surface area contributed by atoms with Crippen LogP contribution in [-0.2, 0) is 7.05 Å². The van der Waals surface area contributed by atoms with E-state index in [1.807, 2.05) is 60.5 Å². The molecule has 31 heavy (non-hydrogen) atoms. The van der Waals surface area contributed by atoms with Crippen LogP contribution >= 0.6 is 0 Å². The predicted molar refractivity (Wildman–Crippen MR) is 123 cm³/mol. The molecule has 1 aliphatic rings. The molecule has 2 aromatic carbocycles. The molecule has 4 rings (SSSR count). The van der Waals surface area contributed by atoms with Gasteiger partial charge in [-0.2, -0.15) is 5.10 Å². The Labute approximate surface area is 183 Å². The summed E-state index contributed by atoms with van der Waals surface area (Å²) in [6.07, 6.45) is 4.34. The Hall–Kier alpha value is -3.38. The van der Waals surface area contributed by atoms with Crippen LogP contribution in [0.3, 0.4) is 0 Å². The monoisotopic (exact) mass is 416 g/mol. The summed E-state index contributed by atoms with van der Waals surface area (Å²) in [5.41, 5.74) is 3.58. The number of amides is 1. The number of piperazine rings is 1. The smallest absolute Gasteiger partial charge is 0.272 e. The Bertz CT molecular complexity index is 1030. The van der Waals surface area contributed by atoms with Crippen LogP contribution in [0.2, 0.25) is 0 Å². The van der Waals surface area contributed by atoms with Crippen LogP contribution in [0.4, 0.5) is 0 Å². The molecule has 1 aliphatic heterocycles. The number of rotatable bonds is 6. The highest BCUT2D eigenvalue weighted by molar-refractivity contribution is 5.93. The minimum atomic E-state index is 0.0363. The maximum Gasteiger partial charge on any atom is 0.272 e. The number of aromatic nitrogens is 2. The molecule has 6 nitrogen and oxygen atoms in total. The zero-order valence-corrected chi connectivity index (χ0v) is 18.1. The predicted octanol–water partition coefficient (Wildman–Crippen LogP) is 3.57. The molecule has 0 N–H and O–H groups in total. The third-order valence-electron chi connectivity index (χ3n) is 5.62. The fourth-order valence-corrected chi connectivity index (χ4v) is 3.77. The van der Waals surface area contributed by atoms with Crippen molar-refractivity contribution in [2.24, 2.45) is 7.05 Å². The molecule has 0 saturated carbocycles. The van der Waals surface area contributed by atoms with Gasteiger partial charge < -0.3 is 9.64 Å². The van der Waals surface area contributed by atoms with Crippen molar-refractivity contribution in [3.8, 4) is 17.0 Å². The van der Waals surface area contributed by atoms with E-state index in [0.29, 0.717) is 5.69 Å². The molecule has 160 valence electrons. The van der Waals surface area contributed by atoms with Crippen LogP contribution in [0.5, 0.6) is 5.75 Å². The highest BCUT2D eigenvalue weighted by atomic mass is 16.5. The second kappa shape index (κ2) is 9.62. The van der Waals surface area contributed by atoms with Crippen molar-refractivity contribution in [1.82, 2.24) is 19.6 Å². The first kappa shape index (κ1) is 20.9. The molecule has 0 bridgehead atoms. The normalized spacial score (nSPS) is 14.8. The van der Waals surface area contributed by atoms with E-state index < -0.39 is 0 Å². The van der Waals surface area contributed by atoms with E-state index in [0.717, 1.165) is 49.7 Å². The molecule has 1 fully saturated rings. The first-order chi connectivity index (χ1) is 15.1. The summed E-state index contributed by atoms with van der Waals surface area (Å²) in [6, 6.07) is 19.9. The number of nitrogens with zero attached hydrogens (tertiary/aromatic N) is 4. The average Bonchev–Trinajstić information content (AvgIpc) is 3.21. The van der Waals surface area contributed by atoms with Crippen LogP contribution in [0.25, 0.3) is 17.3 Å². The first-order valence-corrected chi connectivity index (χ1v) is 10.6. The molecule has 0 atom stereocenters. The van der Waals surface area contributed by atoms with E-state index in [1.165, 1.54) is 5.56 Å². The van der Waals surface area contributed by atoms with E-state index >= 15 is 0 Å². The largest absolute Gasteiger partial charge is 0.497 e. The number of ether oxygens (including phenoxy) is 1. The van der Waals surface area contributed by atoms with Crippen LogP contribution in [-0.4, -0.2) is 65.3 Å². The number of methoxy groups -OCH3 is 1. The van der Waals surface area contributed by atoms with E-state index in [1.54, 1.807) is 11.8 Å². The van der Waals surface area contributed by atoms with Crippen LogP contribution in [0.15, 0.2) is 66.7 Å². The number of benzene rings is 2. The summed E-state index contributed by atoms with van der Waals surface area (Å²) in [7, 11) is 3.47. The Morgan fingerprint density at radius 2 is 1.74 bits per heavy atom. The summed E-state index contributed by atoms with van der Waals surface area (Å²) in [5, 5.41) is 4.55. The van der Waals surface area contributed by atoms with Gasteiger partial charge in [0.25, 0.3) is 5.91 Å². The lowest BCUT2D eigenvalue weighted by Crippen LogP contribution is -2.48. The van der Waals surface area contributed by atoms with Gasteiger partial charge in [0.1, 0.15) is 11.4 Å². The third kappa shape index (κ3) is 5.03. The first-order valence-electron chi connectivity index (χ1n) is 10.6. The zero-order chi connectivity index (χ0) is 21.6. The van der Waals surface area contributed by atoms with Gasteiger partial charge in [-0.3, -0.25) is 14.4 Å². The molecule has 6 heteroatoms. The van der Waals surface area contributed by atoms with Crippen molar-refractivity contribution in [3.05, 3.63) is 78.0 Å². The minimum absolute atomic E-state index is 0.0363. The molecule has 0 spiro atoms. The van der Waals surface area contributed by atoms with Crippen LogP contribution < -0.4 is 4.74 Å². The zero-order valence-electron chi connectivity index (χ0n) is 18.1. The lowest BCUT2D eigenvalue weighted by atomic mass is 10.1. The van der Waals surface area contributed by atoms with Crippen molar-refractivity contribution in [2.75, 3.05) is 39.8 Å². The van der Waals surface area contributed by atoms with Crippen molar-refractivity contribution >= 4 is 12.0 Å². The number of carbonyl (C=O) groups is 1. The molecule has 2 heterocycles. The average molecular weight is 417 g/mol. The quantitative estimate of drug-likeness (QED) is 0.617. The van der Waals surface area contributed by atoms with Gasteiger partial charge in [0.2, 0.25) is 0 Å². The standard InChI is InChI=1S/C25H28N4O2/c1-27-24(19-23(26-27)21-10-12-22(31-2)13-11-21)25(30)29-17-15-28(16-18-29)14-6-9-20-7-4-3-5-8-20/h3-13,19H,14-18H2,1-2H3/b9-6+. The van der Waals surface area contributed by atoms with E-state index in [9.17, 15) is 4.79 Å². The maximum absolute atomic E-state index is 13.1.